The van der Waals surface area contributed by atoms with Crippen LogP contribution in [0, 0.1) is 0 Å². The van der Waals surface area contributed by atoms with Gasteiger partial charge in [0.2, 0.25) is 21.8 Å². The summed E-state index contributed by atoms with van der Waals surface area (Å²) in [6.45, 7) is 2.15. The minimum atomic E-state index is -3.81. The van der Waals surface area contributed by atoms with E-state index in [0.717, 1.165) is 28.1 Å². The summed E-state index contributed by atoms with van der Waals surface area (Å²) in [5.41, 5.74) is 2.09. The second kappa shape index (κ2) is 13.4. The molecule has 0 spiro atoms. The van der Waals surface area contributed by atoms with Gasteiger partial charge in [0.1, 0.15) is 12.6 Å². The van der Waals surface area contributed by atoms with Crippen LogP contribution in [0.1, 0.15) is 24.5 Å². The van der Waals surface area contributed by atoms with Gasteiger partial charge in [-0.25, -0.2) is 8.42 Å². The zero-order valence-electron chi connectivity index (χ0n) is 21.0. The summed E-state index contributed by atoms with van der Waals surface area (Å²) in [4.78, 5) is 28.8. The van der Waals surface area contributed by atoms with Crippen molar-refractivity contribution in [2.75, 3.05) is 23.7 Å². The number of amides is 2. The predicted octanol–water partition coefficient (Wildman–Crippen LogP) is 4.38. The van der Waals surface area contributed by atoms with Gasteiger partial charge in [-0.05, 0) is 45.6 Å². The molecule has 0 aliphatic heterocycles. The number of nitrogens with zero attached hydrogens (tertiary/aromatic N) is 2. The third-order valence-corrected chi connectivity index (χ3v) is 7.61. The molecule has 0 heterocycles. The molecule has 3 rings (SSSR count). The molecule has 0 aromatic heterocycles. The lowest BCUT2D eigenvalue weighted by Gasteiger charge is -2.33. The molecule has 0 fully saturated rings. The Hall–Kier alpha value is -3.17. The van der Waals surface area contributed by atoms with Crippen LogP contribution in [0.3, 0.4) is 0 Å². The lowest BCUT2D eigenvalue weighted by Crippen LogP contribution is -2.53. The fraction of sp³-hybridized carbons (Fsp3) is 0.286. The van der Waals surface area contributed by atoms with E-state index < -0.39 is 28.5 Å². The first-order valence-electron chi connectivity index (χ1n) is 12.1. The van der Waals surface area contributed by atoms with Crippen molar-refractivity contribution in [1.82, 2.24) is 10.2 Å². The van der Waals surface area contributed by atoms with E-state index in [9.17, 15) is 18.0 Å². The zero-order valence-corrected chi connectivity index (χ0v) is 23.4. The van der Waals surface area contributed by atoms with Crippen LogP contribution in [-0.4, -0.2) is 50.5 Å². The monoisotopic (exact) mass is 585 g/mol. The maximum Gasteiger partial charge on any atom is 0.244 e. The van der Waals surface area contributed by atoms with Crippen molar-refractivity contribution in [2.24, 2.45) is 0 Å². The van der Waals surface area contributed by atoms with Crippen LogP contribution in [0.4, 0.5) is 5.69 Å². The van der Waals surface area contributed by atoms with Crippen molar-refractivity contribution in [1.29, 1.82) is 0 Å². The molecule has 1 atom stereocenters. The smallest absolute Gasteiger partial charge is 0.244 e. The number of carbonyl (C=O) groups excluding carboxylic acids is 2. The van der Waals surface area contributed by atoms with E-state index in [0.29, 0.717) is 23.1 Å². The molecule has 0 saturated heterocycles. The van der Waals surface area contributed by atoms with Crippen molar-refractivity contribution in [3.05, 3.63) is 101 Å². The predicted molar refractivity (Wildman–Crippen MR) is 151 cm³/mol. The highest BCUT2D eigenvalue weighted by Crippen LogP contribution is 2.28. The Morgan fingerprint density at radius 3 is 2.03 bits per heavy atom. The van der Waals surface area contributed by atoms with E-state index in [2.05, 4.69) is 21.2 Å². The first-order chi connectivity index (χ1) is 17.7. The fourth-order valence-corrected chi connectivity index (χ4v) is 5.43. The first-order valence-corrected chi connectivity index (χ1v) is 14.7. The Morgan fingerprint density at radius 1 is 0.892 bits per heavy atom. The lowest BCUT2D eigenvalue weighted by atomic mass is 10.0. The molecule has 0 aliphatic rings. The number of para-hydroxylation sites is 1. The van der Waals surface area contributed by atoms with Gasteiger partial charge in [-0.3, -0.25) is 13.9 Å². The van der Waals surface area contributed by atoms with Gasteiger partial charge in [0.15, 0.2) is 0 Å². The Kier molecular flexibility index (Phi) is 10.3. The highest BCUT2D eigenvalue weighted by Gasteiger charge is 2.33. The van der Waals surface area contributed by atoms with E-state index >= 15 is 0 Å². The summed E-state index contributed by atoms with van der Waals surface area (Å²) < 4.78 is 27.2. The molecule has 0 radical (unpaired) electrons. The molecular weight excluding hydrogens is 554 g/mol. The molecule has 0 bridgehead atoms. The summed E-state index contributed by atoms with van der Waals surface area (Å²) >= 11 is 3.40. The summed E-state index contributed by atoms with van der Waals surface area (Å²) in [7, 11) is -3.81. The van der Waals surface area contributed by atoms with Gasteiger partial charge >= 0.3 is 0 Å². The highest BCUT2D eigenvalue weighted by molar-refractivity contribution is 9.10. The van der Waals surface area contributed by atoms with Crippen LogP contribution in [0.25, 0.3) is 0 Å². The van der Waals surface area contributed by atoms with Crippen LogP contribution < -0.4 is 9.62 Å². The molecule has 3 aromatic carbocycles. The number of nitrogens with one attached hydrogen (secondary N) is 1. The SMILES string of the molecule is CCCNC(=O)[C@@H](Cc1ccccc1)N(Cc1ccccc1)C(=O)CN(c1ccccc1Br)S(C)(=O)=O. The minimum absolute atomic E-state index is 0.157. The standard InChI is InChI=1S/C28H32BrN3O4S/c1-3-18-30-28(34)26(19-22-12-6-4-7-13-22)31(20-23-14-8-5-9-15-23)27(33)21-32(37(2,35)36)25-17-11-10-16-24(25)29/h4-17,26H,3,18-21H2,1-2H3,(H,30,34)/t26-/m1/s1. The number of anilines is 1. The summed E-state index contributed by atoms with van der Waals surface area (Å²) in [5, 5.41) is 2.93. The number of carbonyl (C=O) groups is 2. The molecule has 0 aliphatic carbocycles. The van der Waals surface area contributed by atoms with E-state index in [4.69, 9.17) is 0 Å². The number of rotatable bonds is 12. The van der Waals surface area contributed by atoms with Gasteiger partial charge in [0.25, 0.3) is 0 Å². The molecule has 37 heavy (non-hydrogen) atoms. The van der Waals surface area contributed by atoms with Gasteiger partial charge in [0, 0.05) is 24.0 Å². The third kappa shape index (κ3) is 8.16. The van der Waals surface area contributed by atoms with E-state index in [1.54, 1.807) is 24.3 Å². The largest absolute Gasteiger partial charge is 0.354 e. The van der Waals surface area contributed by atoms with Crippen molar-refractivity contribution in [2.45, 2.75) is 32.4 Å². The second-order valence-corrected chi connectivity index (χ2v) is 11.5. The molecule has 0 unspecified atom stereocenters. The molecule has 9 heteroatoms. The normalized spacial score (nSPS) is 12.0. The molecule has 1 N–H and O–H groups in total. The molecule has 0 saturated carbocycles. The molecule has 3 aromatic rings. The quantitative estimate of drug-likeness (QED) is 0.342. The van der Waals surface area contributed by atoms with Crippen LogP contribution >= 0.6 is 15.9 Å². The van der Waals surface area contributed by atoms with E-state index in [-0.39, 0.29) is 12.5 Å². The first kappa shape index (κ1) is 28.4. The Balaban J connectivity index is 2.03. The van der Waals surface area contributed by atoms with Gasteiger partial charge in [-0.1, -0.05) is 79.7 Å². The molecule has 196 valence electrons. The highest BCUT2D eigenvalue weighted by atomic mass is 79.9. The minimum Gasteiger partial charge on any atom is -0.354 e. The summed E-state index contributed by atoms with van der Waals surface area (Å²) in [6, 6.07) is 24.9. The maximum atomic E-state index is 13.9. The van der Waals surface area contributed by atoms with Gasteiger partial charge in [-0.15, -0.1) is 0 Å². The van der Waals surface area contributed by atoms with Gasteiger partial charge in [-0.2, -0.15) is 0 Å². The van der Waals surface area contributed by atoms with Crippen molar-refractivity contribution in [3.8, 4) is 0 Å². The number of hydrogen-bond donors (Lipinski definition) is 1. The average molecular weight is 587 g/mol. The van der Waals surface area contributed by atoms with Crippen LogP contribution in [-0.2, 0) is 32.6 Å². The van der Waals surface area contributed by atoms with Crippen molar-refractivity contribution < 1.29 is 18.0 Å². The maximum absolute atomic E-state index is 13.9. The van der Waals surface area contributed by atoms with Gasteiger partial charge < -0.3 is 10.2 Å². The second-order valence-electron chi connectivity index (χ2n) is 8.72. The van der Waals surface area contributed by atoms with E-state index in [1.165, 1.54) is 4.90 Å². The Bertz CT molecular complexity index is 1290. The summed E-state index contributed by atoms with van der Waals surface area (Å²) in [6.07, 6.45) is 2.11. The average Bonchev–Trinajstić information content (AvgIpc) is 2.89. The molecule has 2 amide bonds. The van der Waals surface area contributed by atoms with Gasteiger partial charge in [0.05, 0.1) is 11.9 Å². The third-order valence-electron chi connectivity index (χ3n) is 5.82. The van der Waals surface area contributed by atoms with Crippen LogP contribution in [0.5, 0.6) is 0 Å². The topological polar surface area (TPSA) is 86.8 Å². The number of benzene rings is 3. The van der Waals surface area contributed by atoms with Crippen LogP contribution in [0.2, 0.25) is 0 Å². The van der Waals surface area contributed by atoms with E-state index in [1.807, 2.05) is 67.6 Å². The number of sulfonamides is 1. The number of halogens is 1. The fourth-order valence-electron chi connectivity index (χ4n) is 3.95. The van der Waals surface area contributed by atoms with Crippen molar-refractivity contribution >= 4 is 43.5 Å². The Morgan fingerprint density at radius 2 is 1.46 bits per heavy atom. The molecule has 7 nitrogen and oxygen atoms in total. The number of hydrogen-bond acceptors (Lipinski definition) is 4. The Labute approximate surface area is 227 Å². The lowest BCUT2D eigenvalue weighted by molar-refractivity contribution is -0.140. The zero-order chi connectivity index (χ0) is 26.8. The summed E-state index contributed by atoms with van der Waals surface area (Å²) in [5.74, 6) is -0.751. The van der Waals surface area contributed by atoms with Crippen molar-refractivity contribution in [3.63, 3.8) is 0 Å². The van der Waals surface area contributed by atoms with Crippen LogP contribution in [0.15, 0.2) is 89.4 Å². The molecular formula is C28H32BrN3O4S.